The zero-order chi connectivity index (χ0) is 21.3. The Morgan fingerprint density at radius 2 is 2.10 bits per heavy atom. The number of thioether (sulfide) groups is 1. The van der Waals surface area contributed by atoms with Crippen LogP contribution in [-0.2, 0) is 5.75 Å². The number of carbonyl (C=O) groups is 1. The Morgan fingerprint density at radius 3 is 2.80 bits per heavy atom. The van der Waals surface area contributed by atoms with Crippen molar-refractivity contribution < 1.29 is 9.72 Å². The van der Waals surface area contributed by atoms with Crippen LogP contribution in [0.25, 0.3) is 16.2 Å². The van der Waals surface area contributed by atoms with Crippen LogP contribution < -0.4 is 10.9 Å². The Hall–Kier alpha value is -3.58. The minimum absolute atomic E-state index is 0.0112. The number of hydrogen-bond acceptors (Lipinski definition) is 9. The molecule has 13 heteroatoms. The highest BCUT2D eigenvalue weighted by Gasteiger charge is 2.16. The van der Waals surface area contributed by atoms with Crippen LogP contribution in [0.15, 0.2) is 40.5 Å². The highest BCUT2D eigenvalue weighted by atomic mass is 32.2. The maximum absolute atomic E-state index is 12.5. The summed E-state index contributed by atoms with van der Waals surface area (Å²) in [5, 5.41) is 19.5. The van der Waals surface area contributed by atoms with E-state index in [0.29, 0.717) is 27.8 Å². The van der Waals surface area contributed by atoms with Crippen LogP contribution in [0, 0.1) is 10.1 Å². The van der Waals surface area contributed by atoms with E-state index in [1.165, 1.54) is 39.7 Å². The van der Waals surface area contributed by atoms with Gasteiger partial charge < -0.3 is 4.98 Å². The van der Waals surface area contributed by atoms with E-state index < -0.39 is 16.4 Å². The Labute approximate surface area is 176 Å². The summed E-state index contributed by atoms with van der Waals surface area (Å²) in [6.07, 6.45) is 1.86. The van der Waals surface area contributed by atoms with E-state index in [9.17, 15) is 19.7 Å². The second-order valence-corrected chi connectivity index (χ2v) is 7.72. The van der Waals surface area contributed by atoms with Gasteiger partial charge in [-0.05, 0) is 18.4 Å². The molecule has 30 heavy (non-hydrogen) atoms. The second kappa shape index (κ2) is 8.04. The molecule has 4 rings (SSSR count). The molecular formula is C17H13N7O4S2. The van der Waals surface area contributed by atoms with E-state index in [2.05, 4.69) is 25.4 Å². The van der Waals surface area contributed by atoms with Gasteiger partial charge >= 0.3 is 0 Å². The number of nitrogens with zero attached hydrogens (tertiary/aromatic N) is 5. The van der Waals surface area contributed by atoms with E-state index in [0.717, 1.165) is 6.07 Å². The van der Waals surface area contributed by atoms with Crippen LogP contribution >= 0.6 is 23.1 Å². The fourth-order valence-electron chi connectivity index (χ4n) is 2.68. The van der Waals surface area contributed by atoms with Crippen molar-refractivity contribution in [3.05, 3.63) is 67.7 Å². The third-order valence-electron chi connectivity index (χ3n) is 3.99. The summed E-state index contributed by atoms with van der Waals surface area (Å²) in [7, 11) is 0. The Kier molecular flexibility index (Phi) is 5.29. The number of anilines is 1. The van der Waals surface area contributed by atoms with E-state index in [1.54, 1.807) is 12.1 Å². The molecule has 1 aromatic carbocycles. The summed E-state index contributed by atoms with van der Waals surface area (Å²) >= 11 is 2.77. The average molecular weight is 443 g/mol. The van der Waals surface area contributed by atoms with Gasteiger partial charge in [-0.1, -0.05) is 0 Å². The number of amides is 1. The zero-order valence-electron chi connectivity index (χ0n) is 15.4. The van der Waals surface area contributed by atoms with Crippen LogP contribution in [0.1, 0.15) is 16.3 Å². The van der Waals surface area contributed by atoms with Gasteiger partial charge in [-0.2, -0.15) is 16.7 Å². The third kappa shape index (κ3) is 3.92. The van der Waals surface area contributed by atoms with Crippen LogP contribution in [0.5, 0.6) is 0 Å². The molecule has 4 aromatic rings. The van der Waals surface area contributed by atoms with Crippen molar-refractivity contribution in [3.8, 4) is 11.3 Å². The molecule has 0 fully saturated rings. The molecule has 3 aromatic heterocycles. The smallest absolute Gasteiger partial charge is 0.276 e. The lowest BCUT2D eigenvalue weighted by atomic mass is 10.1. The van der Waals surface area contributed by atoms with Gasteiger partial charge in [0.2, 0.25) is 4.96 Å². The number of non-ortho nitro benzene ring substituents is 1. The summed E-state index contributed by atoms with van der Waals surface area (Å²) < 4.78 is 1.53. The molecule has 11 nitrogen and oxygen atoms in total. The number of aromatic amines is 1. The summed E-state index contributed by atoms with van der Waals surface area (Å²) in [5.74, 6) is 0.328. The molecule has 3 heterocycles. The van der Waals surface area contributed by atoms with Crippen LogP contribution in [0.4, 0.5) is 11.6 Å². The predicted molar refractivity (Wildman–Crippen MR) is 113 cm³/mol. The van der Waals surface area contributed by atoms with Crippen molar-refractivity contribution >= 4 is 45.6 Å². The summed E-state index contributed by atoms with van der Waals surface area (Å²) in [5.41, 5.74) is 0.931. The molecule has 0 saturated heterocycles. The topological polar surface area (TPSA) is 148 Å². The SMILES string of the molecule is CSCc1nc(C(=O)Nc2nc3scc(-c4ccc([N+](=O)[O-])cc4)n3n2)cc(=O)[nH]1. The number of nitrogens with one attached hydrogen (secondary N) is 2. The molecule has 0 bridgehead atoms. The first kappa shape index (κ1) is 19.7. The number of hydrogen-bond donors (Lipinski definition) is 2. The molecule has 1 amide bonds. The van der Waals surface area contributed by atoms with Crippen molar-refractivity contribution in [1.82, 2.24) is 24.6 Å². The summed E-state index contributed by atoms with van der Waals surface area (Å²) in [6.45, 7) is 0. The van der Waals surface area contributed by atoms with Crippen LogP contribution in [0.2, 0.25) is 0 Å². The number of H-pyrrole nitrogens is 1. The number of nitro benzene ring substituents is 1. The lowest BCUT2D eigenvalue weighted by molar-refractivity contribution is -0.384. The molecule has 2 N–H and O–H groups in total. The van der Waals surface area contributed by atoms with Gasteiger partial charge in [-0.15, -0.1) is 16.4 Å². The molecule has 0 aliphatic rings. The Bertz CT molecular complexity index is 1310. The number of carbonyl (C=O) groups excluding carboxylic acids is 1. The first-order valence-corrected chi connectivity index (χ1v) is 10.7. The maximum atomic E-state index is 12.5. The summed E-state index contributed by atoms with van der Waals surface area (Å²) in [4.78, 5) is 46.1. The Morgan fingerprint density at radius 1 is 1.33 bits per heavy atom. The van der Waals surface area contributed by atoms with Gasteiger partial charge in [0.05, 0.1) is 16.4 Å². The monoisotopic (exact) mass is 443 g/mol. The lowest BCUT2D eigenvalue weighted by Crippen LogP contribution is -2.20. The highest BCUT2D eigenvalue weighted by Crippen LogP contribution is 2.27. The number of thiazole rings is 1. The molecule has 0 unspecified atom stereocenters. The van der Waals surface area contributed by atoms with Crippen LogP contribution in [-0.4, -0.2) is 41.7 Å². The van der Waals surface area contributed by atoms with Gasteiger partial charge in [0.15, 0.2) is 0 Å². The van der Waals surface area contributed by atoms with Crippen molar-refractivity contribution in [2.75, 3.05) is 11.6 Å². The molecule has 0 saturated carbocycles. The minimum Gasteiger partial charge on any atom is -0.310 e. The normalized spacial score (nSPS) is 11.0. The highest BCUT2D eigenvalue weighted by molar-refractivity contribution is 7.97. The van der Waals surface area contributed by atoms with Gasteiger partial charge in [0, 0.05) is 29.1 Å². The molecule has 0 aliphatic carbocycles. The summed E-state index contributed by atoms with van der Waals surface area (Å²) in [6, 6.07) is 7.16. The zero-order valence-corrected chi connectivity index (χ0v) is 17.0. The Balaban J connectivity index is 1.60. The number of nitro groups is 1. The maximum Gasteiger partial charge on any atom is 0.276 e. The first-order chi connectivity index (χ1) is 14.4. The van der Waals surface area contributed by atoms with Crippen molar-refractivity contribution in [2.45, 2.75) is 5.75 Å². The second-order valence-electron chi connectivity index (χ2n) is 6.02. The fourth-order valence-corrected chi connectivity index (χ4v) is 3.92. The van der Waals surface area contributed by atoms with Gasteiger partial charge in [-0.3, -0.25) is 25.0 Å². The first-order valence-electron chi connectivity index (χ1n) is 8.44. The lowest BCUT2D eigenvalue weighted by Gasteiger charge is -2.03. The number of aromatic nitrogens is 5. The number of benzene rings is 1. The molecule has 0 radical (unpaired) electrons. The molecule has 152 valence electrons. The predicted octanol–water partition coefficient (Wildman–Crippen LogP) is 2.56. The number of rotatable bonds is 6. The van der Waals surface area contributed by atoms with Gasteiger partial charge in [0.1, 0.15) is 11.5 Å². The van der Waals surface area contributed by atoms with E-state index in [-0.39, 0.29) is 17.3 Å². The average Bonchev–Trinajstić information content (AvgIpc) is 3.28. The van der Waals surface area contributed by atoms with Crippen molar-refractivity contribution in [1.29, 1.82) is 0 Å². The molecule has 0 aliphatic heterocycles. The van der Waals surface area contributed by atoms with E-state index >= 15 is 0 Å². The quantitative estimate of drug-likeness (QED) is 0.341. The fraction of sp³-hybridized carbons (Fsp3) is 0.118. The molecule has 0 atom stereocenters. The van der Waals surface area contributed by atoms with Gasteiger partial charge in [-0.25, -0.2) is 9.50 Å². The minimum atomic E-state index is -0.599. The van der Waals surface area contributed by atoms with Crippen molar-refractivity contribution in [2.24, 2.45) is 0 Å². The van der Waals surface area contributed by atoms with Crippen molar-refractivity contribution in [3.63, 3.8) is 0 Å². The van der Waals surface area contributed by atoms with Crippen LogP contribution in [0.3, 0.4) is 0 Å². The molecule has 0 spiro atoms. The van der Waals surface area contributed by atoms with E-state index in [4.69, 9.17) is 0 Å². The molecular weight excluding hydrogens is 430 g/mol. The van der Waals surface area contributed by atoms with Gasteiger partial charge in [0.25, 0.3) is 23.1 Å². The third-order valence-corrected chi connectivity index (χ3v) is 5.36. The number of fused-ring (bicyclic) bond motifs is 1. The largest absolute Gasteiger partial charge is 0.310 e. The van der Waals surface area contributed by atoms with E-state index in [1.807, 2.05) is 11.6 Å². The standard InChI is InChI=1S/C17H13N7O4S2/c1-29-8-13-18-11(6-14(25)19-13)15(26)20-16-21-17-23(22-16)12(7-30-17)9-2-4-10(5-3-9)24(27)28/h2-7H,8H2,1H3,(H,18,19,25)(H,20,22,26).